The Hall–Kier alpha value is -1.80. The van der Waals surface area contributed by atoms with E-state index in [9.17, 15) is 0 Å². The van der Waals surface area contributed by atoms with Crippen LogP contribution in [0.4, 0.5) is 0 Å². The van der Waals surface area contributed by atoms with Crippen molar-refractivity contribution in [3.8, 4) is 16.9 Å². The molecule has 1 nitrogen and oxygen atoms in total. The molecule has 3 rings (SSSR count). The maximum Gasteiger partial charge on any atom is 0.126 e. The fraction of sp³-hybridized carbons (Fsp3) is 0.440. The van der Waals surface area contributed by atoms with Crippen LogP contribution in [-0.4, -0.2) is 17.4 Å². The Labute approximate surface area is 168 Å². The van der Waals surface area contributed by atoms with Crippen molar-refractivity contribution < 1.29 is 4.74 Å². The molecule has 3 radical (unpaired) electrons. The van der Waals surface area contributed by atoms with Crippen LogP contribution in [0.3, 0.4) is 0 Å². The summed E-state index contributed by atoms with van der Waals surface area (Å²) in [4.78, 5) is 0. The molecule has 0 saturated heterocycles. The van der Waals surface area contributed by atoms with Crippen LogP contribution in [0.2, 0.25) is 0 Å². The normalized spacial score (nSPS) is 16.9. The van der Waals surface area contributed by atoms with Crippen molar-refractivity contribution in [2.75, 3.05) is 7.11 Å². The Morgan fingerprint density at radius 1 is 0.926 bits per heavy atom. The zero-order valence-corrected chi connectivity index (χ0v) is 18.9. The maximum absolute atomic E-state index is 5.93. The van der Waals surface area contributed by atoms with E-state index in [0.717, 1.165) is 5.75 Å². The van der Waals surface area contributed by atoms with Crippen molar-refractivity contribution >= 4 is 16.3 Å². The summed E-state index contributed by atoms with van der Waals surface area (Å²) in [7, 11) is 5.69. The Morgan fingerprint density at radius 3 is 1.96 bits per heavy atom. The van der Waals surface area contributed by atoms with Gasteiger partial charge in [0.25, 0.3) is 0 Å². The van der Waals surface area contributed by atoms with Gasteiger partial charge in [0.2, 0.25) is 0 Å². The molecule has 0 spiro atoms. The second-order valence-corrected chi connectivity index (χ2v) is 10.3. The highest BCUT2D eigenvalue weighted by Gasteiger charge is 2.29. The Kier molecular flexibility index (Phi) is 4.92. The molecule has 0 N–H and O–H groups in total. The van der Waals surface area contributed by atoms with E-state index < -0.39 is 0 Å². The fourth-order valence-electron chi connectivity index (χ4n) is 3.92. The summed E-state index contributed by atoms with van der Waals surface area (Å²) < 4.78 is 5.93. The first kappa shape index (κ1) is 19.9. The second kappa shape index (κ2) is 6.67. The van der Waals surface area contributed by atoms with Gasteiger partial charge in [-0.3, -0.25) is 0 Å². The molecule has 0 aliphatic heterocycles. The van der Waals surface area contributed by atoms with Crippen molar-refractivity contribution in [2.24, 2.45) is 0 Å². The van der Waals surface area contributed by atoms with Gasteiger partial charge in [0.1, 0.15) is 5.75 Å². The first-order valence-electron chi connectivity index (χ1n) is 9.70. The first-order chi connectivity index (χ1) is 12.4. The van der Waals surface area contributed by atoms with Crippen LogP contribution in [0.25, 0.3) is 17.2 Å². The molecule has 2 aromatic rings. The van der Waals surface area contributed by atoms with Crippen LogP contribution < -0.4 is 4.74 Å². The third-order valence-corrected chi connectivity index (χ3v) is 6.26. The van der Waals surface area contributed by atoms with Gasteiger partial charge < -0.3 is 4.74 Å². The molecule has 2 heteroatoms. The van der Waals surface area contributed by atoms with Gasteiger partial charge in [-0.05, 0) is 57.7 Å². The second-order valence-electron chi connectivity index (χ2n) is 9.73. The molecule has 1 aliphatic rings. The standard InChI is InChI=1S/C25H31OSi/c1-15-12-19-17(10-9-11-18(19)23(15)27)16-13-20(24(2,3)4)22(26-8)21(14-16)25(5,6)7/h9-14,23H,1-8H3. The molecular formula is C25H31OSi. The molecule has 0 fully saturated rings. The molecule has 0 amide bonds. The van der Waals surface area contributed by atoms with Crippen molar-refractivity contribution in [1.29, 1.82) is 0 Å². The lowest BCUT2D eigenvalue weighted by Gasteiger charge is -2.30. The van der Waals surface area contributed by atoms with Crippen molar-refractivity contribution in [1.82, 2.24) is 0 Å². The molecule has 1 aliphatic carbocycles. The van der Waals surface area contributed by atoms with E-state index in [0.29, 0.717) is 5.54 Å². The van der Waals surface area contributed by atoms with E-state index in [2.05, 4.69) is 95.1 Å². The van der Waals surface area contributed by atoms with E-state index in [-0.39, 0.29) is 10.8 Å². The molecule has 1 atom stereocenters. The molecule has 0 saturated carbocycles. The van der Waals surface area contributed by atoms with Crippen LogP contribution in [0.1, 0.15) is 76.3 Å². The summed E-state index contributed by atoms with van der Waals surface area (Å²) in [5.41, 5.74) is 9.45. The predicted octanol–water partition coefficient (Wildman–Crippen LogP) is 6.58. The highest BCUT2D eigenvalue weighted by molar-refractivity contribution is 6.16. The molecule has 0 aromatic heterocycles. The maximum atomic E-state index is 5.93. The minimum absolute atomic E-state index is 0.00265. The minimum atomic E-state index is 0.00265. The number of benzene rings is 2. The van der Waals surface area contributed by atoms with Gasteiger partial charge in [-0.1, -0.05) is 71.4 Å². The highest BCUT2D eigenvalue weighted by atomic mass is 28.1. The smallest absolute Gasteiger partial charge is 0.126 e. The van der Waals surface area contributed by atoms with Gasteiger partial charge in [0, 0.05) is 21.4 Å². The number of fused-ring (bicyclic) bond motifs is 1. The predicted molar refractivity (Wildman–Crippen MR) is 118 cm³/mol. The van der Waals surface area contributed by atoms with Crippen LogP contribution in [0.15, 0.2) is 35.9 Å². The lowest BCUT2D eigenvalue weighted by molar-refractivity contribution is 0.381. The van der Waals surface area contributed by atoms with Crippen LogP contribution in [0, 0.1) is 0 Å². The highest BCUT2D eigenvalue weighted by Crippen LogP contribution is 2.45. The van der Waals surface area contributed by atoms with Gasteiger partial charge in [-0.2, -0.15) is 0 Å². The number of rotatable bonds is 2. The zero-order chi connectivity index (χ0) is 20.1. The molecule has 27 heavy (non-hydrogen) atoms. The molecule has 0 bridgehead atoms. The third kappa shape index (κ3) is 3.52. The van der Waals surface area contributed by atoms with Gasteiger partial charge in [0.05, 0.1) is 7.11 Å². The zero-order valence-electron chi connectivity index (χ0n) is 17.9. The Bertz CT molecular complexity index is 872. The number of hydrogen-bond donors (Lipinski definition) is 0. The number of hydrogen-bond acceptors (Lipinski definition) is 1. The van der Waals surface area contributed by atoms with E-state index in [1.165, 1.54) is 39.0 Å². The van der Waals surface area contributed by atoms with Gasteiger partial charge >= 0.3 is 0 Å². The van der Waals surface area contributed by atoms with Crippen LogP contribution in [-0.2, 0) is 10.8 Å². The quantitative estimate of drug-likeness (QED) is 0.538. The number of ether oxygens (including phenoxy) is 1. The summed E-state index contributed by atoms with van der Waals surface area (Å²) in [6, 6.07) is 11.3. The Balaban J connectivity index is 2.34. The summed E-state index contributed by atoms with van der Waals surface area (Å²) in [5, 5.41) is 0. The average Bonchev–Trinajstić information content (AvgIpc) is 2.86. The number of methoxy groups -OCH3 is 1. The fourth-order valence-corrected chi connectivity index (χ4v) is 4.26. The minimum Gasteiger partial charge on any atom is -0.496 e. The topological polar surface area (TPSA) is 9.23 Å². The molecule has 1 unspecified atom stereocenters. The first-order valence-corrected chi connectivity index (χ1v) is 10.3. The van der Waals surface area contributed by atoms with Crippen LogP contribution in [0.5, 0.6) is 5.75 Å². The lowest BCUT2D eigenvalue weighted by atomic mass is 9.77. The summed E-state index contributed by atoms with van der Waals surface area (Å²) in [6.07, 6.45) is 2.32. The Morgan fingerprint density at radius 2 is 1.48 bits per heavy atom. The van der Waals surface area contributed by atoms with Gasteiger partial charge in [-0.15, -0.1) is 0 Å². The van der Waals surface area contributed by atoms with Gasteiger partial charge in [0.15, 0.2) is 0 Å². The SMILES string of the molecule is COc1c(C(C)(C)C)cc(-c2cccc3c2C=C(C)C3[Si])cc1C(C)(C)C. The monoisotopic (exact) mass is 375 g/mol. The number of allylic oxidation sites excluding steroid dienone is 1. The van der Waals surface area contributed by atoms with E-state index in [1.807, 2.05) is 0 Å². The van der Waals surface area contributed by atoms with Crippen molar-refractivity contribution in [3.05, 3.63) is 58.2 Å². The van der Waals surface area contributed by atoms with Crippen molar-refractivity contribution in [2.45, 2.75) is 64.8 Å². The molecule has 2 aromatic carbocycles. The van der Waals surface area contributed by atoms with E-state index in [4.69, 9.17) is 4.74 Å². The summed E-state index contributed by atoms with van der Waals surface area (Å²) >= 11 is 0. The van der Waals surface area contributed by atoms with Crippen molar-refractivity contribution in [3.63, 3.8) is 0 Å². The van der Waals surface area contributed by atoms with Crippen LogP contribution >= 0.6 is 0 Å². The third-order valence-electron chi connectivity index (χ3n) is 5.50. The summed E-state index contributed by atoms with van der Waals surface area (Å²) in [6.45, 7) is 15.7. The molecule has 141 valence electrons. The van der Waals surface area contributed by atoms with E-state index in [1.54, 1.807) is 7.11 Å². The largest absolute Gasteiger partial charge is 0.496 e. The molecular weight excluding hydrogens is 344 g/mol. The summed E-state index contributed by atoms with van der Waals surface area (Å²) in [5.74, 6) is 1.02. The lowest BCUT2D eigenvalue weighted by Crippen LogP contribution is -2.19. The average molecular weight is 376 g/mol. The van der Waals surface area contributed by atoms with E-state index >= 15 is 0 Å². The van der Waals surface area contributed by atoms with Gasteiger partial charge in [-0.25, -0.2) is 0 Å². The molecule has 0 heterocycles.